The van der Waals surface area contributed by atoms with Crippen LogP contribution in [0.5, 0.6) is 0 Å². The number of aromatic nitrogens is 1. The van der Waals surface area contributed by atoms with Crippen LogP contribution in [0.2, 0.25) is 0 Å². The summed E-state index contributed by atoms with van der Waals surface area (Å²) in [5.74, 6) is -0.00227. The second-order valence-electron chi connectivity index (χ2n) is 6.89. The van der Waals surface area contributed by atoms with Gasteiger partial charge in [-0.1, -0.05) is 26.0 Å². The van der Waals surface area contributed by atoms with Crippen molar-refractivity contribution in [3.63, 3.8) is 0 Å². The molecule has 1 heterocycles. The molecular formula is C20H26FN3O. The van der Waals surface area contributed by atoms with Crippen molar-refractivity contribution in [3.8, 4) is 0 Å². The number of benzene rings is 1. The Bertz CT molecular complexity index is 760. The quantitative estimate of drug-likeness (QED) is 0.434. The van der Waals surface area contributed by atoms with Gasteiger partial charge < -0.3 is 10.3 Å². The average molecular weight is 343 g/mol. The lowest BCUT2D eigenvalue weighted by Gasteiger charge is -2.13. The van der Waals surface area contributed by atoms with E-state index in [0.29, 0.717) is 11.5 Å². The van der Waals surface area contributed by atoms with Gasteiger partial charge in [0.2, 0.25) is 0 Å². The topological polar surface area (TPSA) is 71.9 Å². The molecule has 0 atom stereocenters. The lowest BCUT2D eigenvalue weighted by molar-refractivity contribution is 0.0999. The van der Waals surface area contributed by atoms with Crippen LogP contribution in [0, 0.1) is 24.1 Å². The van der Waals surface area contributed by atoms with Crippen LogP contribution in [-0.4, -0.2) is 16.2 Å². The molecule has 0 unspecified atom stereocenters. The van der Waals surface area contributed by atoms with Crippen molar-refractivity contribution in [2.75, 3.05) is 0 Å². The summed E-state index contributed by atoms with van der Waals surface area (Å²) in [5.41, 5.74) is 9.10. The van der Waals surface area contributed by atoms with Crippen LogP contribution in [-0.2, 0) is 19.4 Å². The van der Waals surface area contributed by atoms with Gasteiger partial charge in [0.15, 0.2) is 5.78 Å². The minimum absolute atomic E-state index is 0.0517. The van der Waals surface area contributed by atoms with Crippen LogP contribution in [0.3, 0.4) is 0 Å². The lowest BCUT2D eigenvalue weighted by Crippen LogP contribution is -2.16. The molecule has 2 rings (SSSR count). The molecule has 5 heteroatoms. The van der Waals surface area contributed by atoms with Crippen molar-refractivity contribution in [2.24, 2.45) is 11.7 Å². The molecular weight excluding hydrogens is 317 g/mol. The highest BCUT2D eigenvalue weighted by molar-refractivity contribution is 6.08. The summed E-state index contributed by atoms with van der Waals surface area (Å²) in [6.07, 6.45) is 1.59. The Morgan fingerprint density at radius 2 is 1.92 bits per heavy atom. The molecule has 134 valence electrons. The summed E-state index contributed by atoms with van der Waals surface area (Å²) < 4.78 is 15.2. The van der Waals surface area contributed by atoms with Gasteiger partial charge in [-0.15, -0.1) is 0 Å². The van der Waals surface area contributed by atoms with E-state index in [1.807, 2.05) is 13.0 Å². The van der Waals surface area contributed by atoms with Crippen LogP contribution in [0.15, 0.2) is 30.3 Å². The highest BCUT2D eigenvalue weighted by Gasteiger charge is 2.18. The molecule has 0 bridgehead atoms. The van der Waals surface area contributed by atoms with Gasteiger partial charge in [-0.3, -0.25) is 10.2 Å². The van der Waals surface area contributed by atoms with Gasteiger partial charge in [0.1, 0.15) is 5.82 Å². The normalized spacial score (nSPS) is 11.1. The molecule has 0 aliphatic heterocycles. The highest BCUT2D eigenvalue weighted by Crippen LogP contribution is 2.21. The number of halogens is 1. The Morgan fingerprint density at radius 1 is 1.28 bits per heavy atom. The average Bonchev–Trinajstić information content (AvgIpc) is 2.82. The Kier molecular flexibility index (Phi) is 6.12. The molecule has 0 saturated carbocycles. The van der Waals surface area contributed by atoms with Gasteiger partial charge in [-0.25, -0.2) is 4.39 Å². The summed E-state index contributed by atoms with van der Waals surface area (Å²) in [6, 6.07) is 8.45. The van der Waals surface area contributed by atoms with Gasteiger partial charge in [0.05, 0.1) is 12.3 Å². The van der Waals surface area contributed by atoms with Crippen LogP contribution in [0.4, 0.5) is 4.39 Å². The number of hydrogen-bond donors (Lipinski definition) is 2. The number of hydrogen-bond acceptors (Lipinski definition) is 2. The molecule has 0 saturated heterocycles. The fourth-order valence-corrected chi connectivity index (χ4v) is 3.05. The predicted octanol–water partition coefficient (Wildman–Crippen LogP) is 3.89. The van der Waals surface area contributed by atoms with E-state index in [2.05, 4.69) is 18.4 Å². The van der Waals surface area contributed by atoms with Crippen LogP contribution >= 0.6 is 0 Å². The van der Waals surface area contributed by atoms with Crippen LogP contribution < -0.4 is 5.73 Å². The third-order valence-corrected chi connectivity index (χ3v) is 4.26. The summed E-state index contributed by atoms with van der Waals surface area (Å²) >= 11 is 0. The second kappa shape index (κ2) is 8.10. The maximum absolute atomic E-state index is 13.0. The Hall–Kier alpha value is -2.43. The summed E-state index contributed by atoms with van der Waals surface area (Å²) in [5, 5.41) is 7.35. The number of nitrogens with two attached hydrogens (primary N) is 1. The zero-order valence-electron chi connectivity index (χ0n) is 15.1. The summed E-state index contributed by atoms with van der Waals surface area (Å²) in [6.45, 7) is 6.95. The van der Waals surface area contributed by atoms with Gasteiger partial charge in [0, 0.05) is 23.5 Å². The molecule has 1 aromatic carbocycles. The number of nitrogens with zero attached hydrogens (tertiary/aromatic N) is 1. The van der Waals surface area contributed by atoms with E-state index in [1.54, 1.807) is 12.1 Å². The number of nitrogens with one attached hydrogen (secondary N) is 1. The maximum atomic E-state index is 13.0. The molecule has 0 amide bonds. The predicted molar refractivity (Wildman–Crippen MR) is 98.7 cm³/mol. The minimum atomic E-state index is -0.237. The van der Waals surface area contributed by atoms with Crippen molar-refractivity contribution in [3.05, 3.63) is 58.7 Å². The molecule has 0 aliphatic rings. The van der Waals surface area contributed by atoms with Crippen molar-refractivity contribution in [1.29, 1.82) is 5.41 Å². The first-order chi connectivity index (χ1) is 11.8. The molecule has 0 spiro atoms. The molecule has 0 aliphatic carbocycles. The monoisotopic (exact) mass is 343 g/mol. The van der Waals surface area contributed by atoms with E-state index in [1.165, 1.54) is 12.1 Å². The fraction of sp³-hybridized carbons (Fsp3) is 0.400. The zero-order chi connectivity index (χ0) is 18.6. The largest absolute Gasteiger partial charge is 0.387 e. The third-order valence-electron chi connectivity index (χ3n) is 4.26. The van der Waals surface area contributed by atoms with Crippen molar-refractivity contribution in [2.45, 2.75) is 46.6 Å². The standard InChI is InChI=1S/C20H26FN3O/c1-13(2)10-17-11-18(19(25)12-20(22)23)14(3)24(17)9-8-15-4-6-16(21)7-5-15/h4-7,11,13H,8-10,12H2,1-3H3,(H3,22,23). The van der Waals surface area contributed by atoms with E-state index in [0.717, 1.165) is 36.3 Å². The van der Waals surface area contributed by atoms with Crippen molar-refractivity contribution < 1.29 is 9.18 Å². The molecule has 2 aromatic rings. The number of Topliss-reactive ketones (excluding diaryl/α,β-unsaturated/α-hetero) is 1. The molecule has 1 aromatic heterocycles. The first-order valence-electron chi connectivity index (χ1n) is 8.57. The Morgan fingerprint density at radius 3 is 2.48 bits per heavy atom. The summed E-state index contributed by atoms with van der Waals surface area (Å²) in [7, 11) is 0. The molecule has 0 fully saturated rings. The Balaban J connectivity index is 2.27. The molecule has 0 radical (unpaired) electrons. The number of aryl methyl sites for hydroxylation is 1. The number of carbonyl (C=O) groups excluding carboxylic acids is 1. The smallest absolute Gasteiger partial charge is 0.172 e. The number of rotatable bonds is 8. The molecule has 25 heavy (non-hydrogen) atoms. The van der Waals surface area contributed by atoms with E-state index in [-0.39, 0.29) is 23.9 Å². The van der Waals surface area contributed by atoms with E-state index < -0.39 is 0 Å². The number of amidine groups is 1. The van der Waals surface area contributed by atoms with Gasteiger partial charge >= 0.3 is 0 Å². The zero-order valence-corrected chi connectivity index (χ0v) is 15.1. The SMILES string of the molecule is Cc1c(C(=O)CC(=N)N)cc(CC(C)C)n1CCc1ccc(F)cc1. The van der Waals surface area contributed by atoms with Gasteiger partial charge in [0.25, 0.3) is 0 Å². The highest BCUT2D eigenvalue weighted by atomic mass is 19.1. The first-order valence-corrected chi connectivity index (χ1v) is 8.57. The number of ketones is 1. The van der Waals surface area contributed by atoms with Crippen molar-refractivity contribution >= 4 is 11.6 Å². The summed E-state index contributed by atoms with van der Waals surface area (Å²) in [4.78, 5) is 12.4. The number of carbonyl (C=O) groups is 1. The fourth-order valence-electron chi connectivity index (χ4n) is 3.05. The third kappa shape index (κ3) is 5.02. The van der Waals surface area contributed by atoms with Gasteiger partial charge in [-0.05, 0) is 49.4 Å². The van der Waals surface area contributed by atoms with Crippen molar-refractivity contribution in [1.82, 2.24) is 4.57 Å². The van der Waals surface area contributed by atoms with E-state index in [4.69, 9.17) is 11.1 Å². The van der Waals surface area contributed by atoms with Gasteiger partial charge in [-0.2, -0.15) is 0 Å². The Labute approximate surface area is 148 Å². The van der Waals surface area contributed by atoms with Crippen LogP contribution in [0.25, 0.3) is 0 Å². The molecule has 3 N–H and O–H groups in total. The molecule has 4 nitrogen and oxygen atoms in total. The lowest BCUT2D eigenvalue weighted by atomic mass is 10.1. The van der Waals surface area contributed by atoms with Crippen LogP contribution in [0.1, 0.15) is 47.6 Å². The second-order valence-corrected chi connectivity index (χ2v) is 6.89. The minimum Gasteiger partial charge on any atom is -0.387 e. The van der Waals surface area contributed by atoms with E-state index >= 15 is 0 Å². The van der Waals surface area contributed by atoms with E-state index in [9.17, 15) is 9.18 Å². The maximum Gasteiger partial charge on any atom is 0.172 e. The first kappa shape index (κ1) is 18.9.